The SMILES string of the molecule is COc1ccc(OC)c(NC(=O)COC(=O)COc2cc(C)cc(C)c2)c1. The summed E-state index contributed by atoms with van der Waals surface area (Å²) >= 11 is 0. The summed E-state index contributed by atoms with van der Waals surface area (Å²) in [7, 11) is 3.01. The zero-order valence-corrected chi connectivity index (χ0v) is 15.8. The Balaban J connectivity index is 1.83. The van der Waals surface area contributed by atoms with Gasteiger partial charge in [0.2, 0.25) is 0 Å². The number of carbonyl (C=O) groups is 2. The lowest BCUT2D eigenvalue weighted by molar-refractivity contribution is -0.149. The van der Waals surface area contributed by atoms with Gasteiger partial charge in [-0.25, -0.2) is 4.79 Å². The minimum absolute atomic E-state index is 0.279. The number of anilines is 1. The lowest BCUT2D eigenvalue weighted by Crippen LogP contribution is -2.23. The van der Waals surface area contributed by atoms with E-state index in [1.165, 1.54) is 14.2 Å². The highest BCUT2D eigenvalue weighted by Gasteiger charge is 2.12. The van der Waals surface area contributed by atoms with Crippen LogP contribution in [0.3, 0.4) is 0 Å². The number of methoxy groups -OCH3 is 2. The van der Waals surface area contributed by atoms with Gasteiger partial charge < -0.3 is 24.3 Å². The van der Waals surface area contributed by atoms with E-state index in [0.717, 1.165) is 11.1 Å². The molecule has 1 N–H and O–H groups in total. The highest BCUT2D eigenvalue weighted by Crippen LogP contribution is 2.28. The third-order valence-electron chi connectivity index (χ3n) is 3.60. The fourth-order valence-corrected chi connectivity index (χ4v) is 2.44. The number of amides is 1. The molecular formula is C20H23NO6. The molecule has 0 aliphatic rings. The molecule has 0 aromatic heterocycles. The van der Waals surface area contributed by atoms with Gasteiger partial charge in [-0.05, 0) is 49.2 Å². The summed E-state index contributed by atoms with van der Waals surface area (Å²) in [6, 6.07) is 10.6. The van der Waals surface area contributed by atoms with Crippen molar-refractivity contribution in [2.24, 2.45) is 0 Å². The van der Waals surface area contributed by atoms with Crippen molar-refractivity contribution >= 4 is 17.6 Å². The molecule has 0 atom stereocenters. The molecule has 0 bridgehead atoms. The molecule has 7 heteroatoms. The first-order chi connectivity index (χ1) is 12.9. The minimum atomic E-state index is -0.637. The lowest BCUT2D eigenvalue weighted by atomic mass is 10.1. The largest absolute Gasteiger partial charge is 0.497 e. The van der Waals surface area contributed by atoms with Gasteiger partial charge in [0.1, 0.15) is 17.2 Å². The Morgan fingerprint density at radius 2 is 1.59 bits per heavy atom. The highest BCUT2D eigenvalue weighted by molar-refractivity contribution is 5.94. The standard InChI is InChI=1S/C20H23NO6/c1-13-7-14(2)9-16(8-13)26-12-20(23)27-11-19(22)21-17-10-15(24-3)5-6-18(17)25-4/h5-10H,11-12H2,1-4H3,(H,21,22). The van der Waals surface area contributed by atoms with Gasteiger partial charge in [-0.3, -0.25) is 4.79 Å². The summed E-state index contributed by atoms with van der Waals surface area (Å²) in [5.41, 5.74) is 2.49. The molecular weight excluding hydrogens is 350 g/mol. The van der Waals surface area contributed by atoms with Crippen LogP contribution in [0.4, 0.5) is 5.69 Å². The van der Waals surface area contributed by atoms with Gasteiger partial charge in [0.15, 0.2) is 13.2 Å². The number of carbonyl (C=O) groups excluding carboxylic acids is 2. The van der Waals surface area contributed by atoms with Gasteiger partial charge in [0.05, 0.1) is 19.9 Å². The van der Waals surface area contributed by atoms with Crippen molar-refractivity contribution in [3.05, 3.63) is 47.5 Å². The Morgan fingerprint density at radius 1 is 0.889 bits per heavy atom. The first kappa shape index (κ1) is 20.1. The minimum Gasteiger partial charge on any atom is -0.497 e. The maximum atomic E-state index is 12.0. The summed E-state index contributed by atoms with van der Waals surface area (Å²) in [4.78, 5) is 23.8. The third kappa shape index (κ3) is 6.22. The van der Waals surface area contributed by atoms with Crippen LogP contribution < -0.4 is 19.5 Å². The molecule has 0 spiro atoms. The summed E-state index contributed by atoms with van der Waals surface area (Å²) in [5, 5.41) is 2.62. The first-order valence-corrected chi connectivity index (χ1v) is 8.30. The zero-order chi connectivity index (χ0) is 19.8. The number of hydrogen-bond donors (Lipinski definition) is 1. The fourth-order valence-electron chi connectivity index (χ4n) is 2.44. The van der Waals surface area contributed by atoms with Crippen molar-refractivity contribution < 1.29 is 28.5 Å². The number of benzene rings is 2. The van der Waals surface area contributed by atoms with Gasteiger partial charge in [-0.1, -0.05) is 6.07 Å². The zero-order valence-electron chi connectivity index (χ0n) is 15.8. The van der Waals surface area contributed by atoms with Gasteiger partial charge in [-0.2, -0.15) is 0 Å². The summed E-state index contributed by atoms with van der Waals surface area (Å²) < 4.78 is 20.6. The van der Waals surface area contributed by atoms with E-state index in [2.05, 4.69) is 5.32 Å². The Labute approximate surface area is 158 Å². The van der Waals surface area contributed by atoms with Crippen LogP contribution in [-0.2, 0) is 14.3 Å². The van der Waals surface area contributed by atoms with Crippen molar-refractivity contribution in [1.82, 2.24) is 0 Å². The van der Waals surface area contributed by atoms with E-state index >= 15 is 0 Å². The van der Waals surface area contributed by atoms with E-state index in [1.807, 2.05) is 32.0 Å². The Hall–Kier alpha value is -3.22. The topological polar surface area (TPSA) is 83.1 Å². The smallest absolute Gasteiger partial charge is 0.344 e. The van der Waals surface area contributed by atoms with E-state index in [1.54, 1.807) is 18.2 Å². The van der Waals surface area contributed by atoms with E-state index in [0.29, 0.717) is 22.9 Å². The van der Waals surface area contributed by atoms with Gasteiger partial charge in [-0.15, -0.1) is 0 Å². The molecule has 0 fully saturated rings. The number of aryl methyl sites for hydroxylation is 2. The highest BCUT2D eigenvalue weighted by atomic mass is 16.6. The van der Waals surface area contributed by atoms with Crippen LogP contribution in [0.1, 0.15) is 11.1 Å². The van der Waals surface area contributed by atoms with Crippen molar-refractivity contribution in [1.29, 1.82) is 0 Å². The summed E-state index contributed by atoms with van der Waals surface area (Å²) in [5.74, 6) is 0.469. The average molecular weight is 373 g/mol. The predicted octanol–water partition coefficient (Wildman–Crippen LogP) is 2.88. The summed E-state index contributed by atoms with van der Waals surface area (Å²) in [6.45, 7) is 3.17. The van der Waals surface area contributed by atoms with Crippen LogP contribution in [0, 0.1) is 13.8 Å². The van der Waals surface area contributed by atoms with Crippen molar-refractivity contribution in [3.63, 3.8) is 0 Å². The van der Waals surface area contributed by atoms with Crippen LogP contribution in [-0.4, -0.2) is 39.3 Å². The van der Waals surface area contributed by atoms with E-state index in [-0.39, 0.29) is 6.61 Å². The maximum absolute atomic E-state index is 12.0. The van der Waals surface area contributed by atoms with Crippen LogP contribution in [0.25, 0.3) is 0 Å². The molecule has 144 valence electrons. The lowest BCUT2D eigenvalue weighted by Gasteiger charge is -2.12. The van der Waals surface area contributed by atoms with E-state index in [9.17, 15) is 9.59 Å². The molecule has 0 radical (unpaired) electrons. The molecule has 2 aromatic rings. The van der Waals surface area contributed by atoms with Gasteiger partial charge >= 0.3 is 5.97 Å². The van der Waals surface area contributed by atoms with Crippen molar-refractivity contribution in [2.45, 2.75) is 13.8 Å². The van der Waals surface area contributed by atoms with Crippen LogP contribution >= 0.6 is 0 Å². The number of rotatable bonds is 8. The molecule has 0 unspecified atom stereocenters. The monoisotopic (exact) mass is 373 g/mol. The molecule has 2 rings (SSSR count). The van der Waals surface area contributed by atoms with E-state index in [4.69, 9.17) is 18.9 Å². The Kier molecular flexibility index (Phi) is 7.05. The van der Waals surface area contributed by atoms with Crippen molar-refractivity contribution in [3.8, 4) is 17.2 Å². The fraction of sp³-hybridized carbons (Fsp3) is 0.300. The maximum Gasteiger partial charge on any atom is 0.344 e. The molecule has 7 nitrogen and oxygen atoms in total. The van der Waals surface area contributed by atoms with Crippen molar-refractivity contribution in [2.75, 3.05) is 32.8 Å². The second-order valence-electron chi connectivity index (χ2n) is 5.89. The molecule has 0 saturated carbocycles. The second-order valence-corrected chi connectivity index (χ2v) is 5.89. The van der Waals surface area contributed by atoms with Crippen LogP contribution in [0.15, 0.2) is 36.4 Å². The molecule has 1 amide bonds. The molecule has 0 saturated heterocycles. The molecule has 0 heterocycles. The normalized spacial score (nSPS) is 10.1. The molecule has 0 aliphatic heterocycles. The number of ether oxygens (including phenoxy) is 4. The quantitative estimate of drug-likeness (QED) is 0.717. The van der Waals surface area contributed by atoms with Gasteiger partial charge in [0, 0.05) is 6.07 Å². The predicted molar refractivity (Wildman–Crippen MR) is 101 cm³/mol. The van der Waals surface area contributed by atoms with Gasteiger partial charge in [0.25, 0.3) is 5.91 Å². The Bertz CT molecular complexity index is 798. The number of nitrogens with one attached hydrogen (secondary N) is 1. The van der Waals surface area contributed by atoms with Crippen LogP contribution in [0.2, 0.25) is 0 Å². The van der Waals surface area contributed by atoms with Crippen LogP contribution in [0.5, 0.6) is 17.2 Å². The number of hydrogen-bond acceptors (Lipinski definition) is 6. The third-order valence-corrected chi connectivity index (χ3v) is 3.60. The number of esters is 1. The van der Waals surface area contributed by atoms with E-state index < -0.39 is 18.5 Å². The first-order valence-electron chi connectivity index (χ1n) is 8.30. The summed E-state index contributed by atoms with van der Waals surface area (Å²) in [6.07, 6.45) is 0. The Morgan fingerprint density at radius 3 is 2.22 bits per heavy atom. The molecule has 2 aromatic carbocycles. The molecule has 27 heavy (non-hydrogen) atoms. The second kappa shape index (κ2) is 9.47. The average Bonchev–Trinajstić information content (AvgIpc) is 2.64. The molecule has 0 aliphatic carbocycles.